The van der Waals surface area contributed by atoms with Gasteiger partial charge in [0.25, 0.3) is 0 Å². The van der Waals surface area contributed by atoms with Crippen molar-refractivity contribution in [3.63, 3.8) is 0 Å². The summed E-state index contributed by atoms with van der Waals surface area (Å²) in [7, 11) is 0. The van der Waals surface area contributed by atoms with E-state index in [0.29, 0.717) is 5.92 Å². The molecule has 0 spiro atoms. The minimum absolute atomic E-state index is 0.0481. The number of aryl methyl sites for hydroxylation is 1. The van der Waals surface area contributed by atoms with Gasteiger partial charge in [-0.05, 0) is 58.3 Å². The maximum atomic E-state index is 6.37. The largest absolute Gasteiger partial charge is 0.466 e. The summed E-state index contributed by atoms with van der Waals surface area (Å²) in [5, 5.41) is 2.17. The number of halogens is 1. The van der Waals surface area contributed by atoms with Crippen LogP contribution in [0.1, 0.15) is 41.0 Å². The first-order valence-electron chi connectivity index (χ1n) is 5.82. The van der Waals surface area contributed by atoms with Gasteiger partial charge in [-0.2, -0.15) is 0 Å². The predicted octanol–water partition coefficient (Wildman–Crippen LogP) is 4.22. The minimum atomic E-state index is -0.0481. The molecule has 1 aliphatic rings. The fraction of sp³-hybridized carbons (Fsp3) is 0.385. The Morgan fingerprint density at radius 1 is 1.47 bits per heavy atom. The van der Waals surface area contributed by atoms with Gasteiger partial charge >= 0.3 is 0 Å². The van der Waals surface area contributed by atoms with Crippen molar-refractivity contribution in [2.24, 2.45) is 5.73 Å². The quantitative estimate of drug-likeness (QED) is 0.901. The highest BCUT2D eigenvalue weighted by molar-refractivity contribution is 9.10. The molecular formula is C13H14BrNOS. The molecule has 0 fully saturated rings. The normalized spacial score (nSPS) is 21.2. The standard InChI is InChI=1S/C13H14BrNOS/c14-10-4-6-16-13(10)12(15)9-2-1-3-11-8(9)5-7-17-11/h4-7,9,12H,1-3,15H2. The van der Waals surface area contributed by atoms with E-state index in [2.05, 4.69) is 27.4 Å². The number of hydrogen-bond acceptors (Lipinski definition) is 3. The first kappa shape index (κ1) is 11.5. The number of rotatable bonds is 2. The van der Waals surface area contributed by atoms with Gasteiger partial charge in [-0.3, -0.25) is 0 Å². The third-order valence-electron chi connectivity index (χ3n) is 3.48. The molecule has 2 unspecified atom stereocenters. The summed E-state index contributed by atoms with van der Waals surface area (Å²) < 4.78 is 6.48. The molecule has 0 radical (unpaired) electrons. The fourth-order valence-electron chi connectivity index (χ4n) is 2.62. The van der Waals surface area contributed by atoms with Crippen LogP contribution in [0.25, 0.3) is 0 Å². The molecular weight excluding hydrogens is 298 g/mol. The zero-order valence-corrected chi connectivity index (χ0v) is 11.8. The topological polar surface area (TPSA) is 39.2 Å². The lowest BCUT2D eigenvalue weighted by Gasteiger charge is -2.27. The number of thiophene rings is 1. The van der Waals surface area contributed by atoms with Crippen LogP contribution in [-0.2, 0) is 6.42 Å². The van der Waals surface area contributed by atoms with Crippen molar-refractivity contribution in [1.29, 1.82) is 0 Å². The molecule has 90 valence electrons. The van der Waals surface area contributed by atoms with Crippen LogP contribution in [0.5, 0.6) is 0 Å². The maximum Gasteiger partial charge on any atom is 0.135 e. The summed E-state index contributed by atoms with van der Waals surface area (Å²) in [6.07, 6.45) is 5.27. The Hall–Kier alpha value is -0.580. The molecule has 17 heavy (non-hydrogen) atoms. The second-order valence-electron chi connectivity index (χ2n) is 4.46. The monoisotopic (exact) mass is 311 g/mol. The summed E-state index contributed by atoms with van der Waals surface area (Å²) in [6.45, 7) is 0. The Bertz CT molecular complexity index is 519. The molecule has 3 rings (SSSR count). The minimum Gasteiger partial charge on any atom is -0.466 e. The maximum absolute atomic E-state index is 6.37. The van der Waals surface area contributed by atoms with Gasteiger partial charge in [-0.15, -0.1) is 11.3 Å². The highest BCUT2D eigenvalue weighted by atomic mass is 79.9. The third-order valence-corrected chi connectivity index (χ3v) is 5.13. The van der Waals surface area contributed by atoms with Crippen molar-refractivity contribution in [1.82, 2.24) is 0 Å². The average Bonchev–Trinajstić information content (AvgIpc) is 2.95. The number of fused-ring (bicyclic) bond motifs is 1. The zero-order valence-electron chi connectivity index (χ0n) is 9.36. The van der Waals surface area contributed by atoms with Crippen LogP contribution in [0.4, 0.5) is 0 Å². The second kappa shape index (κ2) is 4.59. The average molecular weight is 312 g/mol. The van der Waals surface area contributed by atoms with Crippen LogP contribution in [-0.4, -0.2) is 0 Å². The van der Waals surface area contributed by atoms with Crippen LogP contribution in [0, 0.1) is 0 Å². The zero-order chi connectivity index (χ0) is 11.8. The Labute approximate surface area is 113 Å². The van der Waals surface area contributed by atoms with E-state index in [9.17, 15) is 0 Å². The highest BCUT2D eigenvalue weighted by Gasteiger charge is 2.30. The summed E-state index contributed by atoms with van der Waals surface area (Å²) in [5.74, 6) is 1.27. The third kappa shape index (κ3) is 1.98. The van der Waals surface area contributed by atoms with Gasteiger partial charge in [-0.1, -0.05) is 0 Å². The predicted molar refractivity (Wildman–Crippen MR) is 73.3 cm³/mol. The molecule has 0 saturated heterocycles. The van der Waals surface area contributed by atoms with Crippen molar-refractivity contribution in [2.45, 2.75) is 31.2 Å². The van der Waals surface area contributed by atoms with E-state index in [1.165, 1.54) is 23.3 Å². The Balaban J connectivity index is 1.94. The number of nitrogens with two attached hydrogens (primary N) is 1. The molecule has 2 heterocycles. The van der Waals surface area contributed by atoms with Gasteiger partial charge in [0.15, 0.2) is 0 Å². The van der Waals surface area contributed by atoms with Crippen molar-refractivity contribution in [2.75, 3.05) is 0 Å². The van der Waals surface area contributed by atoms with E-state index in [0.717, 1.165) is 16.7 Å². The van der Waals surface area contributed by atoms with Crippen molar-refractivity contribution < 1.29 is 4.42 Å². The molecule has 2 nitrogen and oxygen atoms in total. The van der Waals surface area contributed by atoms with Gasteiger partial charge < -0.3 is 10.2 Å². The molecule has 2 atom stereocenters. The van der Waals surface area contributed by atoms with Gasteiger partial charge in [0.1, 0.15) is 5.76 Å². The lowest BCUT2D eigenvalue weighted by Crippen LogP contribution is -2.22. The molecule has 2 N–H and O–H groups in total. The molecule has 0 saturated carbocycles. The summed E-state index contributed by atoms with van der Waals surface area (Å²) >= 11 is 5.34. The molecule has 0 aromatic carbocycles. The van der Waals surface area contributed by atoms with Crippen LogP contribution in [0.3, 0.4) is 0 Å². The van der Waals surface area contributed by atoms with Gasteiger partial charge in [-0.25, -0.2) is 0 Å². The summed E-state index contributed by atoms with van der Waals surface area (Å²) in [5.41, 5.74) is 7.80. The lowest BCUT2D eigenvalue weighted by atomic mass is 9.82. The molecule has 2 aromatic rings. The van der Waals surface area contributed by atoms with Gasteiger partial charge in [0.05, 0.1) is 16.8 Å². The van der Waals surface area contributed by atoms with Crippen molar-refractivity contribution >= 4 is 27.3 Å². The van der Waals surface area contributed by atoms with Crippen LogP contribution in [0.15, 0.2) is 32.7 Å². The van der Waals surface area contributed by atoms with Gasteiger partial charge in [0, 0.05) is 10.8 Å². The first-order chi connectivity index (χ1) is 8.27. The molecule has 1 aliphatic carbocycles. The second-order valence-corrected chi connectivity index (χ2v) is 6.31. The van der Waals surface area contributed by atoms with Gasteiger partial charge in [0.2, 0.25) is 0 Å². The molecule has 0 aliphatic heterocycles. The van der Waals surface area contributed by atoms with Crippen molar-refractivity contribution in [3.05, 3.63) is 44.4 Å². The van der Waals surface area contributed by atoms with Crippen LogP contribution < -0.4 is 5.73 Å². The van der Waals surface area contributed by atoms with E-state index < -0.39 is 0 Å². The van der Waals surface area contributed by atoms with E-state index >= 15 is 0 Å². The van der Waals surface area contributed by atoms with Crippen LogP contribution in [0.2, 0.25) is 0 Å². The Kier molecular flexibility index (Phi) is 3.11. The lowest BCUT2D eigenvalue weighted by molar-refractivity contribution is 0.395. The number of hydrogen-bond donors (Lipinski definition) is 1. The Morgan fingerprint density at radius 3 is 3.12 bits per heavy atom. The first-order valence-corrected chi connectivity index (χ1v) is 7.49. The van der Waals surface area contributed by atoms with E-state index in [1.807, 2.05) is 17.4 Å². The summed E-state index contributed by atoms with van der Waals surface area (Å²) in [4.78, 5) is 1.50. The van der Waals surface area contributed by atoms with Crippen LogP contribution >= 0.6 is 27.3 Å². The van der Waals surface area contributed by atoms with E-state index in [-0.39, 0.29) is 6.04 Å². The fourth-order valence-corrected chi connectivity index (χ4v) is 4.08. The molecule has 0 amide bonds. The molecule has 4 heteroatoms. The molecule has 2 aromatic heterocycles. The summed E-state index contributed by atoms with van der Waals surface area (Å²) in [6, 6.07) is 4.08. The smallest absolute Gasteiger partial charge is 0.135 e. The highest BCUT2D eigenvalue weighted by Crippen LogP contribution is 2.42. The molecule has 0 bridgehead atoms. The number of furan rings is 1. The SMILES string of the molecule is NC(c1occc1Br)C1CCCc2sccc21. The Morgan fingerprint density at radius 2 is 2.35 bits per heavy atom. The van der Waals surface area contributed by atoms with E-state index in [1.54, 1.807) is 6.26 Å². The van der Waals surface area contributed by atoms with E-state index in [4.69, 9.17) is 10.2 Å². The van der Waals surface area contributed by atoms with Crippen molar-refractivity contribution in [3.8, 4) is 0 Å².